The molecule has 0 saturated heterocycles. The van der Waals surface area contributed by atoms with Crippen LogP contribution in [0.2, 0.25) is 0 Å². The van der Waals surface area contributed by atoms with Gasteiger partial charge in [0.05, 0.1) is 8.49 Å². The molecule has 82 valence electrons. The van der Waals surface area contributed by atoms with Crippen molar-refractivity contribution in [1.82, 2.24) is 0 Å². The molecule has 0 unspecified atom stereocenters. The molecular weight excluding hydrogens is 321 g/mol. The van der Waals surface area contributed by atoms with Crippen LogP contribution in [0.4, 0.5) is 20.2 Å². The number of nitrogens with zero attached hydrogens (tertiary/aromatic N) is 1. The molecule has 15 heavy (non-hydrogen) atoms. The molecule has 0 heterocycles. The van der Waals surface area contributed by atoms with Crippen molar-refractivity contribution in [1.29, 1.82) is 0 Å². The molecule has 0 radical (unpaired) electrons. The maximum Gasteiger partial charge on any atom is 0.328 e. The molecule has 0 aliphatic heterocycles. The first-order valence-corrected chi connectivity index (χ1v) is 5.12. The monoisotopic (exact) mass is 328 g/mol. The van der Waals surface area contributed by atoms with Crippen molar-refractivity contribution >= 4 is 34.0 Å². The first-order valence-electron chi connectivity index (χ1n) is 4.04. The van der Waals surface area contributed by atoms with Gasteiger partial charge in [-0.15, -0.1) is 0 Å². The van der Waals surface area contributed by atoms with Crippen molar-refractivity contribution in [3.05, 3.63) is 31.4 Å². The zero-order chi connectivity index (χ0) is 11.6. The Hall–Kier alpha value is -0.990. The van der Waals surface area contributed by atoms with Gasteiger partial charge in [0.2, 0.25) is 5.82 Å². The van der Waals surface area contributed by atoms with E-state index in [1.807, 2.05) is 0 Å². The smallest absolute Gasteiger partial charge is 0.328 e. The fourth-order valence-electron chi connectivity index (χ4n) is 1.09. The fraction of sp³-hybridized carbons (Fsp3) is 0.250. The van der Waals surface area contributed by atoms with E-state index in [9.17, 15) is 18.9 Å². The third-order valence-electron chi connectivity index (χ3n) is 1.69. The SMILES string of the molecule is CCNc1cc(F)c(I)c(F)c1[N+](=O)[O-]. The predicted molar refractivity (Wildman–Crippen MR) is 59.9 cm³/mol. The number of halogens is 3. The van der Waals surface area contributed by atoms with Gasteiger partial charge in [-0.2, -0.15) is 4.39 Å². The second-order valence-electron chi connectivity index (χ2n) is 2.67. The molecule has 7 heteroatoms. The molecule has 4 nitrogen and oxygen atoms in total. The highest BCUT2D eigenvalue weighted by Crippen LogP contribution is 2.32. The molecule has 0 aliphatic rings. The van der Waals surface area contributed by atoms with E-state index < -0.39 is 22.2 Å². The molecule has 1 N–H and O–H groups in total. The van der Waals surface area contributed by atoms with Crippen LogP contribution in [0.3, 0.4) is 0 Å². The average molecular weight is 328 g/mol. The molecule has 1 rings (SSSR count). The van der Waals surface area contributed by atoms with Gasteiger partial charge in [0, 0.05) is 12.6 Å². The van der Waals surface area contributed by atoms with Gasteiger partial charge in [0.1, 0.15) is 11.5 Å². The van der Waals surface area contributed by atoms with Gasteiger partial charge in [0.15, 0.2) is 0 Å². The van der Waals surface area contributed by atoms with E-state index in [0.717, 1.165) is 6.07 Å². The van der Waals surface area contributed by atoms with Crippen LogP contribution in [-0.2, 0) is 0 Å². The second kappa shape index (κ2) is 4.69. The van der Waals surface area contributed by atoms with E-state index in [4.69, 9.17) is 0 Å². The highest BCUT2D eigenvalue weighted by Gasteiger charge is 2.25. The first kappa shape index (κ1) is 12.1. The Morgan fingerprint density at radius 3 is 2.67 bits per heavy atom. The van der Waals surface area contributed by atoms with E-state index in [0.29, 0.717) is 6.54 Å². The minimum absolute atomic E-state index is 0.141. The second-order valence-corrected chi connectivity index (χ2v) is 3.75. The van der Waals surface area contributed by atoms with Crippen molar-refractivity contribution in [3.63, 3.8) is 0 Å². The third-order valence-corrected chi connectivity index (χ3v) is 2.68. The summed E-state index contributed by atoms with van der Waals surface area (Å²) in [5, 5.41) is 13.1. The minimum atomic E-state index is -1.14. The quantitative estimate of drug-likeness (QED) is 0.402. The third kappa shape index (κ3) is 2.33. The van der Waals surface area contributed by atoms with Gasteiger partial charge < -0.3 is 5.32 Å². The zero-order valence-electron chi connectivity index (χ0n) is 7.68. The summed E-state index contributed by atoms with van der Waals surface area (Å²) in [7, 11) is 0. The Morgan fingerprint density at radius 2 is 2.20 bits per heavy atom. The summed E-state index contributed by atoms with van der Waals surface area (Å²) in [6.07, 6.45) is 0. The van der Waals surface area contributed by atoms with Crippen LogP contribution >= 0.6 is 22.6 Å². The van der Waals surface area contributed by atoms with E-state index >= 15 is 0 Å². The van der Waals surface area contributed by atoms with Gasteiger partial charge in [-0.3, -0.25) is 10.1 Å². The van der Waals surface area contributed by atoms with Crippen LogP contribution in [0, 0.1) is 25.3 Å². The Morgan fingerprint density at radius 1 is 1.60 bits per heavy atom. The van der Waals surface area contributed by atoms with Gasteiger partial charge in [-0.05, 0) is 29.5 Å². The molecule has 0 amide bonds. The first-order chi connectivity index (χ1) is 6.99. The summed E-state index contributed by atoms with van der Waals surface area (Å²) in [5.74, 6) is -1.95. The van der Waals surface area contributed by atoms with Crippen LogP contribution in [0.15, 0.2) is 6.07 Å². The van der Waals surface area contributed by atoms with Crippen molar-refractivity contribution in [2.45, 2.75) is 6.92 Å². The number of nitro groups is 1. The summed E-state index contributed by atoms with van der Waals surface area (Å²) < 4.78 is 26.1. The number of nitrogens with one attached hydrogen (secondary N) is 1. The van der Waals surface area contributed by atoms with Crippen LogP contribution in [0.5, 0.6) is 0 Å². The number of benzene rings is 1. The molecule has 0 saturated carbocycles. The topological polar surface area (TPSA) is 55.2 Å². The maximum absolute atomic E-state index is 13.4. The predicted octanol–water partition coefficient (Wildman–Crippen LogP) is 2.91. The maximum atomic E-state index is 13.4. The number of anilines is 1. The fourth-order valence-corrected chi connectivity index (χ4v) is 1.50. The molecule has 0 bridgehead atoms. The summed E-state index contributed by atoms with van der Waals surface area (Å²) in [4.78, 5) is 9.71. The molecule has 0 aliphatic carbocycles. The Kier molecular flexibility index (Phi) is 3.77. The molecule has 1 aromatic carbocycles. The molecular formula is C8H7F2IN2O2. The number of nitro benzene ring substituents is 1. The lowest BCUT2D eigenvalue weighted by molar-refractivity contribution is -0.386. The van der Waals surface area contributed by atoms with Gasteiger partial charge >= 0.3 is 5.69 Å². The lowest BCUT2D eigenvalue weighted by atomic mass is 10.2. The normalized spacial score (nSPS) is 10.1. The van der Waals surface area contributed by atoms with Gasteiger partial charge in [0.25, 0.3) is 0 Å². The highest BCUT2D eigenvalue weighted by atomic mass is 127. The summed E-state index contributed by atoms with van der Waals surface area (Å²) in [6, 6.07) is 0.923. The molecule has 0 fully saturated rings. The number of hydrogen-bond acceptors (Lipinski definition) is 3. The Balaban J connectivity index is 3.43. The van der Waals surface area contributed by atoms with Crippen molar-refractivity contribution in [2.24, 2.45) is 0 Å². The largest absolute Gasteiger partial charge is 0.380 e. The van der Waals surface area contributed by atoms with Gasteiger partial charge in [-0.25, -0.2) is 4.39 Å². The van der Waals surface area contributed by atoms with Crippen LogP contribution < -0.4 is 5.32 Å². The van der Waals surface area contributed by atoms with E-state index in [-0.39, 0.29) is 9.26 Å². The van der Waals surface area contributed by atoms with Crippen molar-refractivity contribution in [2.75, 3.05) is 11.9 Å². The number of rotatable bonds is 3. The Bertz CT molecular complexity index is 412. The molecule has 0 spiro atoms. The summed E-state index contributed by atoms with van der Waals surface area (Å²) in [6.45, 7) is 2.03. The summed E-state index contributed by atoms with van der Waals surface area (Å²) >= 11 is 1.39. The lowest BCUT2D eigenvalue weighted by Crippen LogP contribution is -2.06. The van der Waals surface area contributed by atoms with E-state index in [2.05, 4.69) is 5.32 Å². The van der Waals surface area contributed by atoms with E-state index in [1.165, 1.54) is 22.6 Å². The average Bonchev–Trinajstić information content (AvgIpc) is 2.14. The molecule has 0 atom stereocenters. The number of hydrogen-bond donors (Lipinski definition) is 1. The van der Waals surface area contributed by atoms with Crippen LogP contribution in [0.25, 0.3) is 0 Å². The standard InChI is InChI=1S/C8H7F2IN2O2/c1-2-12-5-3-4(9)7(11)6(10)8(5)13(14)15/h3,12H,2H2,1H3. The van der Waals surface area contributed by atoms with Crippen molar-refractivity contribution in [3.8, 4) is 0 Å². The molecule has 1 aromatic rings. The van der Waals surface area contributed by atoms with Gasteiger partial charge in [-0.1, -0.05) is 0 Å². The van der Waals surface area contributed by atoms with E-state index in [1.54, 1.807) is 6.92 Å². The zero-order valence-corrected chi connectivity index (χ0v) is 9.84. The summed E-state index contributed by atoms with van der Waals surface area (Å²) in [5.41, 5.74) is -0.861. The lowest BCUT2D eigenvalue weighted by Gasteiger charge is -2.06. The minimum Gasteiger partial charge on any atom is -0.380 e. The van der Waals surface area contributed by atoms with Crippen LogP contribution in [-0.4, -0.2) is 11.5 Å². The van der Waals surface area contributed by atoms with Crippen LogP contribution in [0.1, 0.15) is 6.92 Å². The highest BCUT2D eigenvalue weighted by molar-refractivity contribution is 14.1. The molecule has 0 aromatic heterocycles. The Labute approximate surface area is 98.0 Å². The van der Waals surface area contributed by atoms with Crippen molar-refractivity contribution < 1.29 is 13.7 Å².